The van der Waals surface area contributed by atoms with Crippen LogP contribution in [0, 0.1) is 20.8 Å². The van der Waals surface area contributed by atoms with Crippen LogP contribution in [0.5, 0.6) is 0 Å². The lowest BCUT2D eigenvalue weighted by Gasteiger charge is -2.13. The highest BCUT2D eigenvalue weighted by atomic mass is 16.1. The van der Waals surface area contributed by atoms with Crippen LogP contribution in [0.2, 0.25) is 0 Å². The molecule has 4 aromatic rings. The summed E-state index contributed by atoms with van der Waals surface area (Å²) in [5.41, 5.74) is 6.91. The van der Waals surface area contributed by atoms with Gasteiger partial charge in [-0.05, 0) is 62.7 Å². The lowest BCUT2D eigenvalue weighted by Crippen LogP contribution is -2.13. The number of aryl methyl sites for hydroxylation is 3. The highest BCUT2D eigenvalue weighted by Crippen LogP contribution is 2.28. The van der Waals surface area contributed by atoms with E-state index in [0.29, 0.717) is 11.3 Å². The van der Waals surface area contributed by atoms with Crippen molar-refractivity contribution in [3.63, 3.8) is 0 Å². The van der Waals surface area contributed by atoms with Gasteiger partial charge in [-0.2, -0.15) is 0 Å². The average molecular weight is 367 g/mol. The van der Waals surface area contributed by atoms with Gasteiger partial charge in [0.25, 0.3) is 5.91 Å². The van der Waals surface area contributed by atoms with E-state index in [1.54, 1.807) is 6.20 Å². The molecule has 4 rings (SSSR count). The molecule has 0 aliphatic heterocycles. The molecule has 1 N–H and O–H groups in total. The number of rotatable bonds is 3. The Kier molecular flexibility index (Phi) is 4.62. The van der Waals surface area contributed by atoms with E-state index in [-0.39, 0.29) is 5.91 Å². The predicted octanol–water partition coefficient (Wildman–Crippen LogP) is 5.47. The molecule has 2 heterocycles. The van der Waals surface area contributed by atoms with Crippen molar-refractivity contribution in [3.05, 3.63) is 89.1 Å². The van der Waals surface area contributed by atoms with Crippen LogP contribution < -0.4 is 5.32 Å². The molecule has 28 heavy (non-hydrogen) atoms. The second-order valence-electron chi connectivity index (χ2n) is 7.07. The zero-order valence-corrected chi connectivity index (χ0v) is 16.2. The maximum absolute atomic E-state index is 13.2. The summed E-state index contributed by atoms with van der Waals surface area (Å²) in [6.07, 6.45) is 1.73. The van der Waals surface area contributed by atoms with Crippen molar-refractivity contribution in [2.45, 2.75) is 20.8 Å². The van der Waals surface area contributed by atoms with Crippen molar-refractivity contribution in [2.24, 2.45) is 0 Å². The zero-order chi connectivity index (χ0) is 19.7. The monoisotopic (exact) mass is 367 g/mol. The van der Waals surface area contributed by atoms with Gasteiger partial charge in [-0.25, -0.2) is 4.98 Å². The van der Waals surface area contributed by atoms with Gasteiger partial charge in [0.1, 0.15) is 0 Å². The second-order valence-corrected chi connectivity index (χ2v) is 7.07. The summed E-state index contributed by atoms with van der Waals surface area (Å²) in [5, 5.41) is 3.86. The van der Waals surface area contributed by atoms with Crippen molar-refractivity contribution in [3.8, 4) is 11.4 Å². The summed E-state index contributed by atoms with van der Waals surface area (Å²) in [4.78, 5) is 22.4. The molecule has 0 fully saturated rings. The zero-order valence-electron chi connectivity index (χ0n) is 16.2. The molecule has 2 aromatic carbocycles. The van der Waals surface area contributed by atoms with E-state index < -0.39 is 0 Å². The van der Waals surface area contributed by atoms with Crippen molar-refractivity contribution in [1.82, 2.24) is 9.97 Å². The molecule has 0 bridgehead atoms. The molecule has 0 saturated heterocycles. The maximum atomic E-state index is 13.2. The largest absolute Gasteiger partial charge is 0.322 e. The van der Waals surface area contributed by atoms with E-state index in [1.807, 2.05) is 75.4 Å². The summed E-state index contributed by atoms with van der Waals surface area (Å²) in [6.45, 7) is 6.07. The normalized spacial score (nSPS) is 10.8. The van der Waals surface area contributed by atoms with E-state index in [0.717, 1.165) is 39.0 Å². The maximum Gasteiger partial charge on any atom is 0.256 e. The van der Waals surface area contributed by atoms with Crippen LogP contribution in [0.3, 0.4) is 0 Å². The Morgan fingerprint density at radius 3 is 2.36 bits per heavy atom. The summed E-state index contributed by atoms with van der Waals surface area (Å²) in [7, 11) is 0. The molecule has 2 aromatic heterocycles. The Hall–Kier alpha value is -3.53. The lowest BCUT2D eigenvalue weighted by molar-refractivity contribution is 0.102. The minimum atomic E-state index is -0.154. The van der Waals surface area contributed by atoms with Gasteiger partial charge >= 0.3 is 0 Å². The molecule has 138 valence electrons. The third kappa shape index (κ3) is 3.49. The molecule has 0 unspecified atom stereocenters. The summed E-state index contributed by atoms with van der Waals surface area (Å²) < 4.78 is 0. The van der Waals surface area contributed by atoms with Crippen LogP contribution in [0.1, 0.15) is 27.0 Å². The second kappa shape index (κ2) is 7.24. The first-order valence-corrected chi connectivity index (χ1v) is 9.23. The van der Waals surface area contributed by atoms with Crippen molar-refractivity contribution in [1.29, 1.82) is 0 Å². The molecule has 0 radical (unpaired) electrons. The highest BCUT2D eigenvalue weighted by Gasteiger charge is 2.16. The van der Waals surface area contributed by atoms with Crippen molar-refractivity contribution in [2.75, 3.05) is 5.32 Å². The fraction of sp³-hybridized carbons (Fsp3) is 0.125. The third-order valence-corrected chi connectivity index (χ3v) is 4.73. The third-order valence-electron chi connectivity index (χ3n) is 4.73. The fourth-order valence-corrected chi connectivity index (χ4v) is 3.35. The quantitative estimate of drug-likeness (QED) is 0.522. The number of nitrogens with zero attached hydrogens (tertiary/aromatic N) is 2. The predicted molar refractivity (Wildman–Crippen MR) is 114 cm³/mol. The minimum Gasteiger partial charge on any atom is -0.322 e. The fourth-order valence-electron chi connectivity index (χ4n) is 3.35. The van der Waals surface area contributed by atoms with E-state index in [2.05, 4.69) is 16.4 Å². The minimum absolute atomic E-state index is 0.154. The van der Waals surface area contributed by atoms with Crippen LogP contribution in [0.25, 0.3) is 22.3 Å². The van der Waals surface area contributed by atoms with Crippen LogP contribution in [0.4, 0.5) is 5.69 Å². The standard InChI is InChI=1S/C24H21N3O/c1-15-7-9-18(10-8-15)26-24(28)20-14-22(21-6-4-5-11-25-21)27-23-17(3)12-16(2)13-19(20)23/h4-14H,1-3H3,(H,26,28). The first-order valence-electron chi connectivity index (χ1n) is 9.23. The Morgan fingerprint density at radius 2 is 1.64 bits per heavy atom. The van der Waals surface area contributed by atoms with Gasteiger partial charge < -0.3 is 5.32 Å². The van der Waals surface area contributed by atoms with Crippen LogP contribution in [0.15, 0.2) is 66.9 Å². The molecule has 0 saturated carbocycles. The lowest BCUT2D eigenvalue weighted by atomic mass is 10.00. The molecule has 1 amide bonds. The van der Waals surface area contributed by atoms with E-state index in [4.69, 9.17) is 4.98 Å². The molecule has 0 aliphatic carbocycles. The van der Waals surface area contributed by atoms with Crippen molar-refractivity contribution >= 4 is 22.5 Å². The van der Waals surface area contributed by atoms with E-state index >= 15 is 0 Å². The van der Waals surface area contributed by atoms with E-state index in [1.165, 1.54) is 0 Å². The average Bonchev–Trinajstić information content (AvgIpc) is 2.69. The number of benzene rings is 2. The topological polar surface area (TPSA) is 54.9 Å². The van der Waals surface area contributed by atoms with Gasteiger partial charge in [0.05, 0.1) is 22.5 Å². The first kappa shape index (κ1) is 17.9. The molecular formula is C24H21N3O. The van der Waals surface area contributed by atoms with Gasteiger partial charge in [0, 0.05) is 17.3 Å². The molecule has 0 atom stereocenters. The number of anilines is 1. The highest BCUT2D eigenvalue weighted by molar-refractivity contribution is 6.13. The van der Waals surface area contributed by atoms with Crippen LogP contribution in [-0.4, -0.2) is 15.9 Å². The summed E-state index contributed by atoms with van der Waals surface area (Å²) in [6, 6.07) is 19.4. The first-order chi connectivity index (χ1) is 13.5. The number of carbonyl (C=O) groups excluding carboxylic acids is 1. The number of hydrogen-bond acceptors (Lipinski definition) is 3. The van der Waals surface area contributed by atoms with Crippen LogP contribution in [-0.2, 0) is 0 Å². The van der Waals surface area contributed by atoms with Crippen molar-refractivity contribution < 1.29 is 4.79 Å². The van der Waals surface area contributed by atoms with Gasteiger partial charge in [-0.3, -0.25) is 9.78 Å². The smallest absolute Gasteiger partial charge is 0.256 e. The number of amides is 1. The molecule has 4 nitrogen and oxygen atoms in total. The summed E-state index contributed by atoms with van der Waals surface area (Å²) >= 11 is 0. The van der Waals surface area contributed by atoms with E-state index in [9.17, 15) is 4.79 Å². The number of hydrogen-bond donors (Lipinski definition) is 1. The number of carbonyl (C=O) groups is 1. The molecular weight excluding hydrogens is 346 g/mol. The van der Waals surface area contributed by atoms with Gasteiger partial charge in [-0.15, -0.1) is 0 Å². The number of nitrogens with one attached hydrogen (secondary N) is 1. The molecule has 0 spiro atoms. The number of pyridine rings is 2. The molecule has 4 heteroatoms. The number of aromatic nitrogens is 2. The van der Waals surface area contributed by atoms with Crippen LogP contribution >= 0.6 is 0 Å². The van der Waals surface area contributed by atoms with Gasteiger partial charge in [0.15, 0.2) is 0 Å². The van der Waals surface area contributed by atoms with Gasteiger partial charge in [0.2, 0.25) is 0 Å². The van der Waals surface area contributed by atoms with Gasteiger partial charge in [-0.1, -0.05) is 35.4 Å². The number of fused-ring (bicyclic) bond motifs is 1. The Morgan fingerprint density at radius 1 is 0.857 bits per heavy atom. The SMILES string of the molecule is Cc1ccc(NC(=O)c2cc(-c3ccccn3)nc3c(C)cc(C)cc23)cc1. The summed E-state index contributed by atoms with van der Waals surface area (Å²) in [5.74, 6) is -0.154. The Bertz CT molecular complexity index is 1170. The Balaban J connectivity index is 1.87. The molecule has 0 aliphatic rings. The Labute approximate surface area is 164 Å².